The third kappa shape index (κ3) is 7.02. The number of nitrogens with zero attached hydrogens (tertiary/aromatic N) is 4. The molecule has 0 bridgehead atoms. The molecule has 2 fully saturated rings. The number of piperazine rings is 1. The summed E-state index contributed by atoms with van der Waals surface area (Å²) < 4.78 is 27.5. The second-order valence-electron chi connectivity index (χ2n) is 9.19. The Labute approximate surface area is 204 Å². The Morgan fingerprint density at radius 2 is 1.44 bits per heavy atom. The van der Waals surface area contributed by atoms with Crippen molar-refractivity contribution < 1.29 is 18.0 Å². The smallest absolute Gasteiger partial charge is 0.243 e. The second kappa shape index (κ2) is 12.7. The molecule has 3 rings (SSSR count). The van der Waals surface area contributed by atoms with Gasteiger partial charge < -0.3 is 9.80 Å². The lowest BCUT2D eigenvalue weighted by atomic mass is 10.1. The topological polar surface area (TPSA) is 81.2 Å². The van der Waals surface area contributed by atoms with Crippen LogP contribution in [0.1, 0.15) is 51.5 Å². The lowest BCUT2D eigenvalue weighted by molar-refractivity contribution is -0.135. The van der Waals surface area contributed by atoms with Crippen LogP contribution in [0.15, 0.2) is 29.2 Å². The average Bonchev–Trinajstić information content (AvgIpc) is 3.14. The van der Waals surface area contributed by atoms with Gasteiger partial charge in [-0.2, -0.15) is 4.31 Å². The molecule has 0 saturated carbocycles. The number of hydrogen-bond donors (Lipinski definition) is 0. The van der Waals surface area contributed by atoms with Crippen molar-refractivity contribution >= 4 is 21.8 Å². The Morgan fingerprint density at radius 1 is 0.853 bits per heavy atom. The molecule has 2 amide bonds. The van der Waals surface area contributed by atoms with E-state index in [1.807, 2.05) is 35.8 Å². The number of rotatable bonds is 9. The van der Waals surface area contributed by atoms with Gasteiger partial charge in [-0.25, -0.2) is 8.42 Å². The average molecular weight is 493 g/mol. The first-order chi connectivity index (χ1) is 16.3. The predicted octanol–water partition coefficient (Wildman–Crippen LogP) is 2.20. The highest BCUT2D eigenvalue weighted by Crippen LogP contribution is 2.21. The summed E-state index contributed by atoms with van der Waals surface area (Å²) in [5.41, 5.74) is 0.964. The minimum absolute atomic E-state index is 0.107. The maximum atomic E-state index is 12.9. The number of carbonyl (C=O) groups is 2. The molecular formula is C25H40N4O4S. The monoisotopic (exact) mass is 492 g/mol. The molecule has 0 spiro atoms. The largest absolute Gasteiger partial charge is 0.342 e. The molecule has 2 aliphatic heterocycles. The normalized spacial score (nSPS) is 18.5. The van der Waals surface area contributed by atoms with E-state index in [9.17, 15) is 18.0 Å². The standard InChI is InChI=1S/C25H40N4O4S/c1-3-27(4-2)25(31)21-26-17-19-28(20-18-26)24(30)14-11-22-9-12-23(13-10-22)34(32,33)29-15-7-5-6-8-16-29/h9-10,12-13H,3-8,11,14-21H2,1-2H3. The SMILES string of the molecule is CCN(CC)C(=O)CN1CCN(C(=O)CCc2ccc(S(=O)(=O)N3CCCCCC3)cc2)CC1. The van der Waals surface area contributed by atoms with Crippen LogP contribution in [0.3, 0.4) is 0 Å². The van der Waals surface area contributed by atoms with Gasteiger partial charge in [0.2, 0.25) is 21.8 Å². The zero-order valence-electron chi connectivity index (χ0n) is 20.7. The molecule has 0 atom stereocenters. The van der Waals surface area contributed by atoms with Crippen LogP contribution in [0, 0.1) is 0 Å². The van der Waals surface area contributed by atoms with E-state index in [-0.39, 0.29) is 11.8 Å². The lowest BCUT2D eigenvalue weighted by Crippen LogP contribution is -2.51. The van der Waals surface area contributed by atoms with Gasteiger partial charge in [0.05, 0.1) is 11.4 Å². The highest BCUT2D eigenvalue weighted by atomic mass is 32.2. The van der Waals surface area contributed by atoms with E-state index in [0.717, 1.165) is 44.3 Å². The molecule has 2 saturated heterocycles. The number of sulfonamides is 1. The molecule has 34 heavy (non-hydrogen) atoms. The van der Waals surface area contributed by atoms with E-state index >= 15 is 0 Å². The Morgan fingerprint density at radius 3 is 2.00 bits per heavy atom. The number of hydrogen-bond acceptors (Lipinski definition) is 5. The quantitative estimate of drug-likeness (QED) is 0.528. The van der Waals surface area contributed by atoms with Gasteiger partial charge in [0.1, 0.15) is 0 Å². The molecule has 190 valence electrons. The summed E-state index contributed by atoms with van der Waals surface area (Å²) in [5, 5.41) is 0. The third-order valence-electron chi connectivity index (χ3n) is 6.95. The first-order valence-electron chi connectivity index (χ1n) is 12.7. The molecule has 0 unspecified atom stereocenters. The molecule has 1 aromatic carbocycles. The van der Waals surface area contributed by atoms with E-state index in [0.29, 0.717) is 63.6 Å². The molecule has 2 aliphatic rings. The van der Waals surface area contributed by atoms with E-state index in [1.54, 1.807) is 16.4 Å². The van der Waals surface area contributed by atoms with E-state index in [1.165, 1.54) is 0 Å². The van der Waals surface area contributed by atoms with Crippen LogP contribution in [-0.2, 0) is 26.0 Å². The molecule has 2 heterocycles. The summed E-state index contributed by atoms with van der Waals surface area (Å²) >= 11 is 0. The zero-order chi connectivity index (χ0) is 24.6. The lowest BCUT2D eigenvalue weighted by Gasteiger charge is -2.35. The summed E-state index contributed by atoms with van der Waals surface area (Å²) in [4.78, 5) is 31.2. The van der Waals surface area contributed by atoms with Crippen molar-refractivity contribution in [2.24, 2.45) is 0 Å². The maximum absolute atomic E-state index is 12.9. The number of likely N-dealkylation sites (N-methyl/N-ethyl adjacent to an activating group) is 1. The first kappa shape index (κ1) is 26.6. The Bertz CT molecular complexity index is 899. The van der Waals surface area contributed by atoms with Crippen molar-refractivity contribution in [1.82, 2.24) is 19.0 Å². The number of aryl methyl sites for hydroxylation is 1. The van der Waals surface area contributed by atoms with Gasteiger partial charge in [0, 0.05) is 58.8 Å². The van der Waals surface area contributed by atoms with Gasteiger partial charge in [-0.15, -0.1) is 0 Å². The molecular weight excluding hydrogens is 452 g/mol. The molecule has 1 aromatic rings. The molecule has 0 aliphatic carbocycles. The highest BCUT2D eigenvalue weighted by Gasteiger charge is 2.26. The van der Waals surface area contributed by atoms with Crippen molar-refractivity contribution in [3.8, 4) is 0 Å². The van der Waals surface area contributed by atoms with Crippen molar-refractivity contribution in [3.63, 3.8) is 0 Å². The van der Waals surface area contributed by atoms with Crippen LogP contribution >= 0.6 is 0 Å². The van der Waals surface area contributed by atoms with Crippen LogP contribution in [0.25, 0.3) is 0 Å². The fraction of sp³-hybridized carbons (Fsp3) is 0.680. The predicted molar refractivity (Wildman–Crippen MR) is 133 cm³/mol. The van der Waals surface area contributed by atoms with Crippen LogP contribution in [0.2, 0.25) is 0 Å². The summed E-state index contributed by atoms with van der Waals surface area (Å²) in [6.45, 7) is 9.71. The molecule has 0 radical (unpaired) electrons. The molecule has 0 aromatic heterocycles. The third-order valence-corrected chi connectivity index (χ3v) is 8.87. The first-order valence-corrected chi connectivity index (χ1v) is 14.2. The second-order valence-corrected chi connectivity index (χ2v) is 11.1. The van der Waals surface area contributed by atoms with Crippen molar-refractivity contribution in [1.29, 1.82) is 0 Å². The van der Waals surface area contributed by atoms with Crippen LogP contribution in [0.4, 0.5) is 0 Å². The fourth-order valence-corrected chi connectivity index (χ4v) is 6.21. The van der Waals surface area contributed by atoms with Gasteiger partial charge in [0.25, 0.3) is 0 Å². The van der Waals surface area contributed by atoms with Gasteiger partial charge in [0.15, 0.2) is 0 Å². The van der Waals surface area contributed by atoms with Gasteiger partial charge in [-0.3, -0.25) is 14.5 Å². The Balaban J connectivity index is 1.45. The van der Waals surface area contributed by atoms with Crippen molar-refractivity contribution in [2.75, 3.05) is 58.9 Å². The Kier molecular flexibility index (Phi) is 9.91. The van der Waals surface area contributed by atoms with E-state index in [2.05, 4.69) is 4.90 Å². The highest BCUT2D eigenvalue weighted by molar-refractivity contribution is 7.89. The maximum Gasteiger partial charge on any atom is 0.243 e. The van der Waals surface area contributed by atoms with E-state index < -0.39 is 10.0 Å². The number of amides is 2. The van der Waals surface area contributed by atoms with Crippen LogP contribution < -0.4 is 0 Å². The number of benzene rings is 1. The summed E-state index contributed by atoms with van der Waals surface area (Å²) in [7, 11) is -3.45. The van der Waals surface area contributed by atoms with E-state index in [4.69, 9.17) is 0 Å². The summed E-state index contributed by atoms with van der Waals surface area (Å²) in [5.74, 6) is 0.252. The van der Waals surface area contributed by atoms with Crippen molar-refractivity contribution in [3.05, 3.63) is 29.8 Å². The summed E-state index contributed by atoms with van der Waals surface area (Å²) in [6, 6.07) is 7.00. The van der Waals surface area contributed by atoms with Crippen LogP contribution in [0.5, 0.6) is 0 Å². The molecule has 0 N–H and O–H groups in total. The fourth-order valence-electron chi connectivity index (χ4n) is 4.69. The summed E-state index contributed by atoms with van der Waals surface area (Å²) in [6.07, 6.45) is 4.99. The van der Waals surface area contributed by atoms with Gasteiger partial charge >= 0.3 is 0 Å². The van der Waals surface area contributed by atoms with Gasteiger partial charge in [-0.05, 0) is 50.8 Å². The number of carbonyl (C=O) groups excluding carboxylic acids is 2. The van der Waals surface area contributed by atoms with Crippen LogP contribution in [-0.4, -0.2) is 98.1 Å². The van der Waals surface area contributed by atoms with Gasteiger partial charge in [-0.1, -0.05) is 25.0 Å². The minimum Gasteiger partial charge on any atom is -0.342 e. The zero-order valence-corrected chi connectivity index (χ0v) is 21.6. The van der Waals surface area contributed by atoms with Crippen molar-refractivity contribution in [2.45, 2.75) is 57.3 Å². The minimum atomic E-state index is -3.45. The molecule has 9 heteroatoms. The molecule has 8 nitrogen and oxygen atoms in total. The Hall–Kier alpha value is -1.97.